The molecule has 0 aliphatic rings. The molecule has 0 fully saturated rings. The summed E-state index contributed by atoms with van der Waals surface area (Å²) >= 11 is 12.7. The Labute approximate surface area is 332 Å². The van der Waals surface area contributed by atoms with Crippen LogP contribution in [0.1, 0.15) is 41.5 Å². The van der Waals surface area contributed by atoms with Gasteiger partial charge in [0.05, 0.1) is 22.8 Å². The molecule has 0 aliphatic heterocycles. The Morgan fingerprint density at radius 1 is 0.480 bits per heavy atom. The fraction of sp³-hybridized carbons (Fsp3) is 0.158. The first kappa shape index (κ1) is 48.3. The first-order valence-corrected chi connectivity index (χ1v) is 15.4. The summed E-state index contributed by atoms with van der Waals surface area (Å²) in [5.41, 5.74) is 6.58. The van der Waals surface area contributed by atoms with Crippen molar-refractivity contribution in [2.75, 3.05) is 0 Å². The molecule has 0 atom stereocenters. The van der Waals surface area contributed by atoms with Gasteiger partial charge in [0.2, 0.25) is 0 Å². The van der Waals surface area contributed by atoms with Gasteiger partial charge in [0.15, 0.2) is 0 Å². The fourth-order valence-electron chi connectivity index (χ4n) is 3.50. The molecule has 0 aromatic heterocycles. The summed E-state index contributed by atoms with van der Waals surface area (Å²) in [4.78, 5) is 26.8. The van der Waals surface area contributed by atoms with E-state index in [1.807, 2.05) is 149 Å². The van der Waals surface area contributed by atoms with Gasteiger partial charge < -0.3 is 30.4 Å². The minimum Gasteiger partial charge on any atom is -0.660 e. The van der Waals surface area contributed by atoms with Crippen molar-refractivity contribution in [1.82, 2.24) is 0 Å². The largest absolute Gasteiger partial charge is 2.00 e. The summed E-state index contributed by atoms with van der Waals surface area (Å²) in [6.07, 6.45) is 0. The summed E-state index contributed by atoms with van der Waals surface area (Å²) < 4.78 is 0. The number of carbonyl (C=O) groups excluding carboxylic acids is 2. The maximum Gasteiger partial charge on any atom is 2.00 e. The molecule has 8 nitrogen and oxygen atoms in total. The molecule has 0 heterocycles. The zero-order valence-electron chi connectivity index (χ0n) is 28.4. The van der Waals surface area contributed by atoms with Crippen LogP contribution in [0, 0.1) is 0 Å². The summed E-state index contributed by atoms with van der Waals surface area (Å²) in [7, 11) is 0. The number of carboxylic acids is 2. The fourth-order valence-corrected chi connectivity index (χ4v) is 3.67. The van der Waals surface area contributed by atoms with Crippen molar-refractivity contribution in [3.63, 3.8) is 0 Å². The second-order valence-corrected chi connectivity index (χ2v) is 10.5. The zero-order valence-corrected chi connectivity index (χ0v) is 33.0. The third kappa shape index (κ3) is 22.7. The van der Waals surface area contributed by atoms with E-state index in [0.717, 1.165) is 59.4 Å². The van der Waals surface area contributed by atoms with Crippen LogP contribution in [0.15, 0.2) is 153 Å². The third-order valence-corrected chi connectivity index (χ3v) is 6.58. The predicted molar refractivity (Wildman–Crippen MR) is 196 cm³/mol. The summed E-state index contributed by atoms with van der Waals surface area (Å²) in [5.74, 6) is -2.17. The molecule has 4 aromatic rings. The number of benzene rings is 4. The maximum absolute atomic E-state index is 8.89. The van der Waals surface area contributed by atoms with Gasteiger partial charge in [-0.1, -0.05) is 134 Å². The van der Waals surface area contributed by atoms with Crippen LogP contribution >= 0.6 is 23.2 Å². The number of carboxylic acid groups (broad SMARTS) is 2. The zero-order chi connectivity index (χ0) is 35.9. The summed E-state index contributed by atoms with van der Waals surface area (Å²) in [6.45, 7) is 9.50. The van der Waals surface area contributed by atoms with Gasteiger partial charge in [-0.25, -0.2) is 0 Å². The second kappa shape index (κ2) is 27.9. The van der Waals surface area contributed by atoms with Crippen LogP contribution in [0.3, 0.4) is 0 Å². The Balaban J connectivity index is 0. The summed E-state index contributed by atoms with van der Waals surface area (Å²) in [6, 6.07) is 39.0. The molecule has 4 rings (SSSR count). The number of para-hydroxylation sites is 4. The van der Waals surface area contributed by atoms with Crippen LogP contribution < -0.4 is 10.2 Å². The third-order valence-electron chi connectivity index (χ3n) is 5.48. The van der Waals surface area contributed by atoms with Gasteiger partial charge >= 0.3 is 40.8 Å². The maximum atomic E-state index is 8.89. The van der Waals surface area contributed by atoms with Gasteiger partial charge in [0.25, 0.3) is 0 Å². The van der Waals surface area contributed by atoms with Crippen LogP contribution in [-0.4, -0.2) is 23.4 Å². The quantitative estimate of drug-likeness (QED) is 0.129. The standard InChI is InChI=1S/2C17H16ClN2.2C2H4O2.2Pd/c2*1-13(19-15-9-5-3-6-10-15)17(18)14(2)20-16-11-7-4-8-12-16;2*1-2(3)4;;/h2*3-12H,1-2H3;2*1H3,(H,3,4);;/q2*-1;;;2*+2/p-2/b2*17-13+,20-14?;;;;. The minimum absolute atomic E-state index is 0. The van der Waals surface area contributed by atoms with Crippen LogP contribution in [0.2, 0.25) is 0 Å². The van der Waals surface area contributed by atoms with E-state index in [2.05, 4.69) is 20.6 Å². The Morgan fingerprint density at radius 3 is 0.940 bits per heavy atom. The molecular formula is C38H38Cl2N4O4Pd2. The number of rotatable bonds is 8. The SMILES string of the molecule is CC(=Nc1ccccc1)/C(Cl)=C(/C)[N-]c1ccccc1.CC(=Nc1ccccc1)/C(Cl)=C(/C)[N-]c1ccccc1.CC(=O)[O-].CC(=O)[O-].[Pd+2].[Pd+2]. The van der Waals surface area contributed by atoms with E-state index in [1.54, 1.807) is 0 Å². The van der Waals surface area contributed by atoms with E-state index in [9.17, 15) is 0 Å². The monoisotopic (exact) mass is 896 g/mol. The van der Waals surface area contributed by atoms with E-state index in [-0.39, 0.29) is 40.8 Å². The van der Waals surface area contributed by atoms with Crippen LogP contribution in [0.4, 0.5) is 22.7 Å². The molecule has 12 heteroatoms. The Kier molecular flexibility index (Phi) is 26.9. The van der Waals surface area contributed by atoms with E-state index in [0.29, 0.717) is 10.1 Å². The average Bonchev–Trinajstić information content (AvgIpc) is 3.05. The molecule has 268 valence electrons. The van der Waals surface area contributed by atoms with Gasteiger partial charge in [0.1, 0.15) is 0 Å². The second-order valence-electron chi connectivity index (χ2n) is 9.74. The van der Waals surface area contributed by atoms with E-state index in [4.69, 9.17) is 43.0 Å². The van der Waals surface area contributed by atoms with Crippen LogP contribution in [0.25, 0.3) is 10.6 Å². The first-order chi connectivity index (χ1) is 22.8. The van der Waals surface area contributed by atoms with Gasteiger partial charge in [-0.05, 0) is 52.0 Å². The number of aliphatic carboxylic acids is 2. The molecule has 0 amide bonds. The smallest absolute Gasteiger partial charge is 0.660 e. The molecule has 0 bridgehead atoms. The van der Waals surface area contributed by atoms with Gasteiger partial charge in [0, 0.05) is 22.0 Å². The van der Waals surface area contributed by atoms with Gasteiger partial charge in [-0.3, -0.25) is 9.98 Å². The van der Waals surface area contributed by atoms with Crippen molar-refractivity contribution in [2.24, 2.45) is 9.98 Å². The molecule has 0 saturated heterocycles. The molecule has 0 aliphatic carbocycles. The Morgan fingerprint density at radius 2 is 0.700 bits per heavy atom. The molecule has 50 heavy (non-hydrogen) atoms. The van der Waals surface area contributed by atoms with Crippen LogP contribution in [-0.2, 0) is 50.4 Å². The van der Waals surface area contributed by atoms with Crippen LogP contribution in [0.5, 0.6) is 0 Å². The molecule has 0 spiro atoms. The number of hydrogen-bond acceptors (Lipinski definition) is 6. The average molecular weight is 898 g/mol. The van der Waals surface area contributed by atoms with E-state index < -0.39 is 11.9 Å². The van der Waals surface area contributed by atoms with Crippen molar-refractivity contribution in [2.45, 2.75) is 41.5 Å². The van der Waals surface area contributed by atoms with Crippen molar-refractivity contribution < 1.29 is 60.6 Å². The number of aliphatic imine (C=N–C) groups is 2. The minimum atomic E-state index is -1.08. The van der Waals surface area contributed by atoms with Crippen molar-refractivity contribution in [3.8, 4) is 0 Å². The summed E-state index contributed by atoms with van der Waals surface area (Å²) in [5, 5.41) is 27.9. The predicted octanol–water partition coefficient (Wildman–Crippen LogP) is 9.42. The van der Waals surface area contributed by atoms with Gasteiger partial charge in [-0.2, -0.15) is 0 Å². The number of carbonyl (C=O) groups is 2. The normalized spacial score (nSPS) is 11.3. The van der Waals surface area contributed by atoms with Crippen molar-refractivity contribution >= 4 is 69.3 Å². The van der Waals surface area contributed by atoms with Crippen molar-refractivity contribution in [1.29, 1.82) is 0 Å². The molecule has 0 unspecified atom stereocenters. The molecular weight excluding hydrogens is 860 g/mol. The number of halogens is 2. The number of allylic oxidation sites excluding steroid dienone is 4. The first-order valence-electron chi connectivity index (χ1n) is 14.6. The topological polar surface area (TPSA) is 133 Å². The van der Waals surface area contributed by atoms with Crippen molar-refractivity contribution in [3.05, 3.63) is 153 Å². The molecule has 0 saturated carbocycles. The number of nitrogens with zero attached hydrogens (tertiary/aromatic N) is 4. The molecule has 0 N–H and O–H groups in total. The van der Waals surface area contributed by atoms with E-state index >= 15 is 0 Å². The number of hydrogen-bond donors (Lipinski definition) is 0. The Hall–Kier alpha value is -3.86. The van der Waals surface area contributed by atoms with Gasteiger partial charge in [-0.15, -0.1) is 22.8 Å². The Bertz CT molecular complexity index is 1550. The van der Waals surface area contributed by atoms with E-state index in [1.165, 1.54) is 0 Å². The molecule has 0 radical (unpaired) electrons. The molecule has 4 aromatic carbocycles.